The Labute approximate surface area is 204 Å². The van der Waals surface area contributed by atoms with Crippen molar-refractivity contribution in [3.05, 3.63) is 101 Å². The van der Waals surface area contributed by atoms with Gasteiger partial charge in [-0.3, -0.25) is 30.3 Å². The number of imidazole rings is 1. The number of nitro benzene ring substituents is 3. The lowest BCUT2D eigenvalue weighted by atomic mass is 10.1. The number of nitrogens with zero attached hydrogens (tertiary/aromatic N) is 5. The van der Waals surface area contributed by atoms with Gasteiger partial charge in [0.05, 0.1) is 42.6 Å². The minimum Gasteiger partial charge on any atom is -0.497 e. The fourth-order valence-electron chi connectivity index (χ4n) is 3.04. The fourth-order valence-corrected chi connectivity index (χ4v) is 3.55. The summed E-state index contributed by atoms with van der Waals surface area (Å²) in [7, 11) is 0. The molecule has 0 spiro atoms. The molecule has 0 fully saturated rings. The second-order valence-electron chi connectivity index (χ2n) is 6.86. The van der Waals surface area contributed by atoms with Gasteiger partial charge in [-0.15, -0.1) is 0 Å². The zero-order chi connectivity index (χ0) is 26.0. The molecule has 12 nitrogen and oxygen atoms in total. The molecule has 0 atom stereocenters. The highest BCUT2D eigenvalue weighted by atomic mass is 35.5. The van der Waals surface area contributed by atoms with Crippen LogP contribution in [0.5, 0.6) is 5.75 Å². The second kappa shape index (κ2) is 9.87. The lowest BCUT2D eigenvalue weighted by Gasteiger charge is -2.00. The van der Waals surface area contributed by atoms with Crippen LogP contribution in [-0.2, 0) is 0 Å². The molecule has 0 bridgehead atoms. The van der Waals surface area contributed by atoms with E-state index in [4.69, 9.17) is 28.3 Å². The number of benzene rings is 2. The van der Waals surface area contributed by atoms with Gasteiger partial charge in [-0.2, -0.15) is 0 Å². The van der Waals surface area contributed by atoms with E-state index in [9.17, 15) is 34.7 Å². The van der Waals surface area contributed by atoms with Crippen molar-refractivity contribution in [2.45, 2.75) is 6.92 Å². The van der Waals surface area contributed by atoms with E-state index < -0.39 is 37.6 Å². The van der Waals surface area contributed by atoms with Crippen molar-refractivity contribution in [3.8, 4) is 17.0 Å². The normalized spacial score (nSPS) is 10.5. The van der Waals surface area contributed by atoms with Gasteiger partial charge in [-0.05, 0) is 37.3 Å². The van der Waals surface area contributed by atoms with E-state index in [1.165, 1.54) is 12.1 Å². The number of aromatic nitrogens is 2. The van der Waals surface area contributed by atoms with Crippen molar-refractivity contribution in [1.29, 1.82) is 0 Å². The maximum absolute atomic E-state index is 13.0. The molecule has 2 aromatic carbocycles. The summed E-state index contributed by atoms with van der Waals surface area (Å²) in [5.74, 6) is -1.48. The van der Waals surface area contributed by atoms with Crippen LogP contribution in [0, 0.1) is 43.1 Å². The summed E-state index contributed by atoms with van der Waals surface area (Å²) < 4.78 is 14.8. The number of pyridine rings is 1. The van der Waals surface area contributed by atoms with Crippen LogP contribution in [0.1, 0.15) is 5.69 Å². The van der Waals surface area contributed by atoms with Crippen molar-refractivity contribution in [2.24, 2.45) is 0 Å². The molecule has 0 unspecified atom stereocenters. The summed E-state index contributed by atoms with van der Waals surface area (Å²) in [5, 5.41) is 41.2. The number of non-ortho nitro benzene ring substituents is 1. The van der Waals surface area contributed by atoms with Gasteiger partial charge in [0.25, 0.3) is 11.4 Å². The van der Waals surface area contributed by atoms with Gasteiger partial charge in [0.2, 0.25) is 0 Å². The second-order valence-corrected chi connectivity index (χ2v) is 7.70. The molecule has 0 saturated heterocycles. The molecule has 15 heteroatoms. The molecule has 0 aliphatic rings. The molecular weight excluding hydrogens is 512 g/mol. The Hall–Kier alpha value is -4.36. The lowest BCUT2D eigenvalue weighted by Crippen LogP contribution is -1.97. The fraction of sp³-hybridized carbons (Fsp3) is 0.0500. The average molecular weight is 524 g/mol. The van der Waals surface area contributed by atoms with Crippen LogP contribution < -0.4 is 0 Å². The van der Waals surface area contributed by atoms with Crippen LogP contribution in [0.2, 0.25) is 10.0 Å². The third-order valence-corrected chi connectivity index (χ3v) is 5.14. The van der Waals surface area contributed by atoms with Crippen LogP contribution in [0.25, 0.3) is 16.9 Å². The molecule has 2 heterocycles. The summed E-state index contributed by atoms with van der Waals surface area (Å²) in [6, 6.07) is 8.75. The molecule has 4 aromatic rings. The molecule has 180 valence electrons. The Kier molecular flexibility index (Phi) is 7.12. The number of hydrogen-bond acceptors (Lipinski definition) is 8. The van der Waals surface area contributed by atoms with Gasteiger partial charge in [0.15, 0.2) is 5.65 Å². The predicted molar refractivity (Wildman–Crippen MR) is 123 cm³/mol. The molecule has 0 aliphatic carbocycles. The molecule has 1 N–H and O–H groups in total. The van der Waals surface area contributed by atoms with Crippen molar-refractivity contribution >= 4 is 45.9 Å². The first-order valence-corrected chi connectivity index (χ1v) is 10.1. The van der Waals surface area contributed by atoms with Crippen LogP contribution in [0.15, 0.2) is 48.7 Å². The maximum Gasteiger partial charge on any atom is 0.324 e. The zero-order valence-electron chi connectivity index (χ0n) is 17.4. The average Bonchev–Trinajstić information content (AvgIpc) is 3.11. The third kappa shape index (κ3) is 5.26. The molecular formula is C20H12Cl2FN5O7. The van der Waals surface area contributed by atoms with E-state index in [0.717, 1.165) is 17.0 Å². The highest BCUT2D eigenvalue weighted by molar-refractivity contribution is 6.36. The van der Waals surface area contributed by atoms with E-state index in [1.807, 2.05) is 11.3 Å². The monoisotopic (exact) mass is 523 g/mol. The number of aromatic hydroxyl groups is 1. The van der Waals surface area contributed by atoms with Gasteiger partial charge in [0, 0.05) is 17.5 Å². The zero-order valence-corrected chi connectivity index (χ0v) is 18.9. The van der Waals surface area contributed by atoms with Gasteiger partial charge in [0.1, 0.15) is 5.82 Å². The number of fused-ring (bicyclic) bond motifs is 1. The molecule has 0 radical (unpaired) electrons. The highest BCUT2D eigenvalue weighted by Gasteiger charge is 2.30. The Morgan fingerprint density at radius 2 is 1.49 bits per heavy atom. The maximum atomic E-state index is 13.0. The van der Waals surface area contributed by atoms with Crippen molar-refractivity contribution in [3.63, 3.8) is 0 Å². The third-order valence-electron chi connectivity index (χ3n) is 4.66. The Balaban J connectivity index is 0.000000199. The minimum absolute atomic E-state index is 0.272. The Morgan fingerprint density at radius 1 is 0.943 bits per heavy atom. The number of nitro groups is 3. The number of phenols is 1. The van der Waals surface area contributed by atoms with Crippen LogP contribution in [0.3, 0.4) is 0 Å². The summed E-state index contributed by atoms with van der Waals surface area (Å²) in [6.07, 6.45) is 1.76. The molecule has 0 aliphatic heterocycles. The van der Waals surface area contributed by atoms with Crippen molar-refractivity contribution < 1.29 is 24.3 Å². The first kappa shape index (κ1) is 25.3. The summed E-state index contributed by atoms with van der Waals surface area (Å²) in [6.45, 7) is 1.92. The Bertz CT molecular complexity index is 1460. The van der Waals surface area contributed by atoms with Crippen LogP contribution >= 0.6 is 23.2 Å². The van der Waals surface area contributed by atoms with Crippen LogP contribution in [-0.4, -0.2) is 29.3 Å². The number of hydrogen-bond donors (Lipinski definition) is 1. The van der Waals surface area contributed by atoms with E-state index in [2.05, 4.69) is 4.98 Å². The summed E-state index contributed by atoms with van der Waals surface area (Å²) in [5.41, 5.74) is 0.158. The number of rotatable bonds is 4. The van der Waals surface area contributed by atoms with E-state index in [-0.39, 0.29) is 5.82 Å². The topological polar surface area (TPSA) is 167 Å². The molecule has 2 aromatic heterocycles. The lowest BCUT2D eigenvalue weighted by molar-refractivity contribution is -0.404. The molecule has 0 amide bonds. The molecule has 4 rings (SSSR count). The largest absolute Gasteiger partial charge is 0.497 e. The van der Waals surface area contributed by atoms with Gasteiger partial charge in [-0.25, -0.2) is 9.37 Å². The minimum atomic E-state index is -1.21. The number of aryl methyl sites for hydroxylation is 1. The van der Waals surface area contributed by atoms with E-state index in [1.54, 1.807) is 24.4 Å². The smallest absolute Gasteiger partial charge is 0.324 e. The highest BCUT2D eigenvalue weighted by Crippen LogP contribution is 2.39. The van der Waals surface area contributed by atoms with Crippen LogP contribution in [0.4, 0.5) is 21.5 Å². The molecule has 35 heavy (non-hydrogen) atoms. The van der Waals surface area contributed by atoms with Crippen molar-refractivity contribution in [1.82, 2.24) is 9.38 Å². The van der Waals surface area contributed by atoms with E-state index >= 15 is 0 Å². The summed E-state index contributed by atoms with van der Waals surface area (Å²) >= 11 is 12.1. The van der Waals surface area contributed by atoms with Gasteiger partial charge < -0.3 is 9.51 Å². The Morgan fingerprint density at radius 3 is 1.97 bits per heavy atom. The predicted octanol–water partition coefficient (Wildman–Crippen LogP) is 5.87. The van der Waals surface area contributed by atoms with Gasteiger partial charge in [-0.1, -0.05) is 23.2 Å². The van der Waals surface area contributed by atoms with Crippen molar-refractivity contribution in [2.75, 3.05) is 0 Å². The van der Waals surface area contributed by atoms with Gasteiger partial charge >= 0.3 is 11.4 Å². The first-order valence-electron chi connectivity index (χ1n) is 9.30. The van der Waals surface area contributed by atoms with E-state index in [0.29, 0.717) is 27.8 Å². The number of halogens is 3. The molecule has 0 saturated carbocycles. The standard InChI is InChI=1S/C14H9Cl2FN2.C6H3N3O7/c1-8-13(9-2-4-11(17)5-3-9)18-14-12(16)6-10(15)7-19(8)14;10-6-4(8(13)14)1-3(7(11)12)2-5(6)9(15)16/h2-7H,1H3;1-2,10H. The quantitative estimate of drug-likeness (QED) is 0.255. The SMILES string of the molecule is Cc1c(-c2ccc(F)cc2)nc2c(Cl)cc(Cl)cn12.O=[N+]([O-])c1cc([N+](=O)[O-])c(O)c([N+](=O)[O-])c1. The summed E-state index contributed by atoms with van der Waals surface area (Å²) in [4.78, 5) is 32.3. The first-order chi connectivity index (χ1) is 16.4. The number of phenolic OH excluding ortho intramolecular Hbond substituents is 1.